The molecule has 0 amide bonds. The molecule has 0 atom stereocenters. The van der Waals surface area contributed by atoms with Crippen LogP contribution in [-0.4, -0.2) is 11.6 Å². The fourth-order valence-electron chi connectivity index (χ4n) is 1.31. The molecule has 0 spiro atoms. The minimum absolute atomic E-state index is 0.250. The van der Waals surface area contributed by atoms with Crippen LogP contribution in [0, 0.1) is 0 Å². The van der Waals surface area contributed by atoms with Gasteiger partial charge < -0.3 is 10.8 Å². The number of carboxylic acid groups (broad SMARTS) is 1. The molecule has 3 heteroatoms. The maximum absolute atomic E-state index is 8.36. The Bertz CT molecular complexity index is 331. The first-order valence-electron chi connectivity index (χ1n) is 3.89. The van der Waals surface area contributed by atoms with E-state index in [-0.39, 0.29) is 6.47 Å². The van der Waals surface area contributed by atoms with Crippen LogP contribution in [0.5, 0.6) is 0 Å². The van der Waals surface area contributed by atoms with Gasteiger partial charge in [-0.25, -0.2) is 0 Å². The number of hydrogen-bond acceptors (Lipinski definition) is 2. The highest BCUT2D eigenvalue weighted by molar-refractivity contribution is 5.62. The Kier molecular flexibility index (Phi) is 3.09. The van der Waals surface area contributed by atoms with Crippen molar-refractivity contribution in [1.29, 1.82) is 0 Å². The van der Waals surface area contributed by atoms with Gasteiger partial charge in [-0.2, -0.15) is 0 Å². The van der Waals surface area contributed by atoms with Crippen molar-refractivity contribution in [3.8, 4) is 0 Å². The fraction of sp³-hybridized carbons (Fsp3) is 0.100. The summed E-state index contributed by atoms with van der Waals surface area (Å²) in [6.07, 6.45) is 2.96. The summed E-state index contributed by atoms with van der Waals surface area (Å²) in [5, 5.41) is 6.89. The molecular formula is C10H11NO2. The fourth-order valence-corrected chi connectivity index (χ4v) is 1.31. The van der Waals surface area contributed by atoms with E-state index >= 15 is 0 Å². The zero-order valence-corrected chi connectivity index (χ0v) is 7.10. The minimum Gasteiger partial charge on any atom is -0.483 e. The molecule has 0 aromatic heterocycles. The third-order valence-electron chi connectivity index (χ3n) is 1.79. The first kappa shape index (κ1) is 9.32. The van der Waals surface area contributed by atoms with Crippen molar-refractivity contribution < 1.29 is 9.90 Å². The summed E-state index contributed by atoms with van der Waals surface area (Å²) >= 11 is 0. The molecule has 1 aromatic rings. The maximum Gasteiger partial charge on any atom is 0.290 e. The Morgan fingerprint density at radius 2 is 2.00 bits per heavy atom. The molecule has 1 aliphatic carbocycles. The lowest BCUT2D eigenvalue weighted by Gasteiger charge is -1.93. The molecular weight excluding hydrogens is 166 g/mol. The van der Waals surface area contributed by atoms with E-state index in [0.717, 1.165) is 12.1 Å². The van der Waals surface area contributed by atoms with Gasteiger partial charge in [-0.05, 0) is 17.2 Å². The average Bonchev–Trinajstić information content (AvgIpc) is 2.45. The predicted molar refractivity (Wildman–Crippen MR) is 51.0 cm³/mol. The van der Waals surface area contributed by atoms with Gasteiger partial charge in [-0.15, -0.1) is 0 Å². The smallest absolute Gasteiger partial charge is 0.290 e. The van der Waals surface area contributed by atoms with Crippen LogP contribution in [0.4, 0.5) is 0 Å². The molecule has 3 N–H and O–H groups in total. The summed E-state index contributed by atoms with van der Waals surface area (Å²) in [6, 6.07) is 8.29. The van der Waals surface area contributed by atoms with Crippen molar-refractivity contribution in [2.75, 3.05) is 0 Å². The molecule has 1 aromatic carbocycles. The largest absolute Gasteiger partial charge is 0.483 e. The zero-order chi connectivity index (χ0) is 9.68. The average molecular weight is 177 g/mol. The molecule has 13 heavy (non-hydrogen) atoms. The number of benzene rings is 1. The molecule has 3 nitrogen and oxygen atoms in total. The first-order valence-corrected chi connectivity index (χ1v) is 3.89. The van der Waals surface area contributed by atoms with Gasteiger partial charge in [-0.3, -0.25) is 4.79 Å². The standard InChI is InChI=1S/C9H9N.CH2O2/c10-9-5-7-3-1-2-4-8(7)6-9;2-1-3/h1-5H,6,10H2;1H,(H,2,3). The number of rotatable bonds is 0. The molecule has 0 heterocycles. The van der Waals surface area contributed by atoms with Crippen molar-refractivity contribution in [3.05, 3.63) is 41.1 Å². The third kappa shape index (κ3) is 2.33. The molecule has 0 bridgehead atoms. The SMILES string of the molecule is NC1=Cc2ccccc2C1.O=CO. The van der Waals surface area contributed by atoms with E-state index in [2.05, 4.69) is 12.1 Å². The lowest BCUT2D eigenvalue weighted by Crippen LogP contribution is -1.94. The second-order valence-electron chi connectivity index (χ2n) is 2.70. The van der Waals surface area contributed by atoms with Gasteiger partial charge in [-0.1, -0.05) is 24.3 Å². The van der Waals surface area contributed by atoms with Gasteiger partial charge in [0, 0.05) is 12.1 Å². The van der Waals surface area contributed by atoms with Crippen LogP contribution in [0.2, 0.25) is 0 Å². The van der Waals surface area contributed by atoms with Gasteiger partial charge in [0.2, 0.25) is 0 Å². The van der Waals surface area contributed by atoms with Gasteiger partial charge in [0.1, 0.15) is 0 Å². The molecule has 0 fully saturated rings. The summed E-state index contributed by atoms with van der Waals surface area (Å²) in [7, 11) is 0. The second kappa shape index (κ2) is 4.30. The molecule has 68 valence electrons. The predicted octanol–water partition coefficient (Wildman–Crippen LogP) is 1.24. The molecule has 1 aliphatic rings. The highest BCUT2D eigenvalue weighted by Crippen LogP contribution is 2.20. The van der Waals surface area contributed by atoms with Crippen molar-refractivity contribution in [2.45, 2.75) is 6.42 Å². The summed E-state index contributed by atoms with van der Waals surface area (Å²) < 4.78 is 0. The van der Waals surface area contributed by atoms with Crippen LogP contribution in [0.3, 0.4) is 0 Å². The molecule has 0 saturated carbocycles. The van der Waals surface area contributed by atoms with E-state index < -0.39 is 0 Å². The van der Waals surface area contributed by atoms with E-state index in [9.17, 15) is 0 Å². The topological polar surface area (TPSA) is 63.3 Å². The van der Waals surface area contributed by atoms with E-state index in [1.807, 2.05) is 18.2 Å². The van der Waals surface area contributed by atoms with Crippen LogP contribution in [-0.2, 0) is 11.2 Å². The third-order valence-corrected chi connectivity index (χ3v) is 1.79. The maximum atomic E-state index is 8.36. The molecule has 0 radical (unpaired) electrons. The summed E-state index contributed by atoms with van der Waals surface area (Å²) in [4.78, 5) is 8.36. The van der Waals surface area contributed by atoms with E-state index in [1.54, 1.807) is 0 Å². The second-order valence-corrected chi connectivity index (χ2v) is 2.70. The Balaban J connectivity index is 0.000000251. The van der Waals surface area contributed by atoms with Gasteiger partial charge in [0.05, 0.1) is 0 Å². The Morgan fingerprint density at radius 3 is 2.62 bits per heavy atom. The lowest BCUT2D eigenvalue weighted by atomic mass is 10.1. The number of carbonyl (C=O) groups is 1. The quantitative estimate of drug-likeness (QED) is 0.586. The summed E-state index contributed by atoms with van der Waals surface area (Å²) in [5.41, 5.74) is 9.24. The Morgan fingerprint density at radius 1 is 1.38 bits per heavy atom. The Labute approximate surface area is 76.5 Å². The van der Waals surface area contributed by atoms with Crippen LogP contribution in [0.1, 0.15) is 11.1 Å². The van der Waals surface area contributed by atoms with E-state index in [0.29, 0.717) is 0 Å². The van der Waals surface area contributed by atoms with Crippen molar-refractivity contribution >= 4 is 12.5 Å². The van der Waals surface area contributed by atoms with Crippen molar-refractivity contribution in [3.63, 3.8) is 0 Å². The van der Waals surface area contributed by atoms with Crippen LogP contribution in [0.25, 0.3) is 6.08 Å². The molecule has 0 unspecified atom stereocenters. The highest BCUT2D eigenvalue weighted by Gasteiger charge is 2.07. The van der Waals surface area contributed by atoms with Crippen LogP contribution < -0.4 is 5.73 Å². The zero-order valence-electron chi connectivity index (χ0n) is 7.10. The number of allylic oxidation sites excluding steroid dienone is 1. The number of hydrogen-bond donors (Lipinski definition) is 2. The van der Waals surface area contributed by atoms with E-state index in [4.69, 9.17) is 15.6 Å². The summed E-state index contributed by atoms with van der Waals surface area (Å²) in [5.74, 6) is 0. The van der Waals surface area contributed by atoms with Crippen molar-refractivity contribution in [2.24, 2.45) is 5.73 Å². The monoisotopic (exact) mass is 177 g/mol. The highest BCUT2D eigenvalue weighted by atomic mass is 16.3. The Hall–Kier alpha value is -1.77. The van der Waals surface area contributed by atoms with Crippen LogP contribution >= 0.6 is 0 Å². The van der Waals surface area contributed by atoms with Gasteiger partial charge >= 0.3 is 0 Å². The number of fused-ring (bicyclic) bond motifs is 1. The lowest BCUT2D eigenvalue weighted by molar-refractivity contribution is -0.122. The van der Waals surface area contributed by atoms with Gasteiger partial charge in [0.25, 0.3) is 6.47 Å². The normalized spacial score (nSPS) is 12.2. The molecule has 0 aliphatic heterocycles. The van der Waals surface area contributed by atoms with Crippen molar-refractivity contribution in [1.82, 2.24) is 0 Å². The first-order chi connectivity index (χ1) is 6.27. The minimum atomic E-state index is -0.250. The molecule has 2 rings (SSSR count). The van der Waals surface area contributed by atoms with Gasteiger partial charge in [0.15, 0.2) is 0 Å². The van der Waals surface area contributed by atoms with E-state index in [1.165, 1.54) is 11.1 Å². The molecule has 0 saturated heterocycles. The number of nitrogens with two attached hydrogens (primary N) is 1. The van der Waals surface area contributed by atoms with Crippen LogP contribution in [0.15, 0.2) is 30.0 Å². The summed E-state index contributed by atoms with van der Waals surface area (Å²) in [6.45, 7) is -0.250.